The lowest BCUT2D eigenvalue weighted by molar-refractivity contribution is -0.154. The van der Waals surface area contributed by atoms with Gasteiger partial charge >= 0.3 is 5.97 Å². The van der Waals surface area contributed by atoms with Crippen LogP contribution in [0.25, 0.3) is 0 Å². The van der Waals surface area contributed by atoms with Crippen molar-refractivity contribution in [2.45, 2.75) is 52.1 Å². The lowest BCUT2D eigenvalue weighted by atomic mass is 9.91. The molecule has 6 heteroatoms. The van der Waals surface area contributed by atoms with Crippen LogP contribution in [0.5, 0.6) is 0 Å². The molecule has 1 saturated heterocycles. The molecular formula is C17H27N3O3. The van der Waals surface area contributed by atoms with Gasteiger partial charge in [-0.15, -0.1) is 0 Å². The standard InChI is InChI=1S/C17H27N3O3/c1-11(2)15-18-13(17(3,4)5)9-14(19-15)20-7-8-23-12(10-20)16(21)22-6/h9,11-12H,7-8,10H2,1-6H3. The zero-order chi connectivity index (χ0) is 17.2. The average Bonchev–Trinajstić information content (AvgIpc) is 2.53. The minimum absolute atomic E-state index is 0.0602. The number of carbonyl (C=O) groups is 1. The van der Waals surface area contributed by atoms with Crippen LogP contribution in [0.15, 0.2) is 6.07 Å². The lowest BCUT2D eigenvalue weighted by Gasteiger charge is -2.33. The summed E-state index contributed by atoms with van der Waals surface area (Å²) in [6.45, 7) is 12.2. The number of hydrogen-bond donors (Lipinski definition) is 0. The Morgan fingerprint density at radius 1 is 1.39 bits per heavy atom. The first kappa shape index (κ1) is 17.7. The summed E-state index contributed by atoms with van der Waals surface area (Å²) in [6, 6.07) is 2.02. The number of carbonyl (C=O) groups excluding carboxylic acids is 1. The molecule has 0 N–H and O–H groups in total. The highest BCUT2D eigenvalue weighted by atomic mass is 16.6. The molecule has 0 aliphatic carbocycles. The molecule has 0 spiro atoms. The molecule has 2 rings (SSSR count). The van der Waals surface area contributed by atoms with Crippen molar-refractivity contribution in [3.05, 3.63) is 17.6 Å². The molecule has 0 saturated carbocycles. The largest absolute Gasteiger partial charge is 0.467 e. The molecule has 1 atom stereocenters. The van der Waals surface area contributed by atoms with Crippen LogP contribution < -0.4 is 4.90 Å². The van der Waals surface area contributed by atoms with E-state index in [9.17, 15) is 4.79 Å². The number of esters is 1. The number of methoxy groups -OCH3 is 1. The maximum atomic E-state index is 11.7. The first-order chi connectivity index (χ1) is 10.7. The van der Waals surface area contributed by atoms with Crippen LogP contribution in [-0.2, 0) is 19.7 Å². The molecule has 0 amide bonds. The van der Waals surface area contributed by atoms with Crippen molar-refractivity contribution >= 4 is 11.8 Å². The van der Waals surface area contributed by atoms with Gasteiger partial charge in [-0.3, -0.25) is 0 Å². The van der Waals surface area contributed by atoms with Gasteiger partial charge in [-0.25, -0.2) is 14.8 Å². The van der Waals surface area contributed by atoms with E-state index in [0.29, 0.717) is 19.7 Å². The van der Waals surface area contributed by atoms with E-state index in [1.54, 1.807) is 0 Å². The second-order valence-corrected chi connectivity index (χ2v) is 7.20. The zero-order valence-electron chi connectivity index (χ0n) is 14.9. The van der Waals surface area contributed by atoms with Gasteiger partial charge < -0.3 is 14.4 Å². The van der Waals surface area contributed by atoms with E-state index in [4.69, 9.17) is 19.4 Å². The smallest absolute Gasteiger partial charge is 0.336 e. The Labute approximate surface area is 138 Å². The van der Waals surface area contributed by atoms with E-state index < -0.39 is 6.10 Å². The second-order valence-electron chi connectivity index (χ2n) is 7.20. The maximum Gasteiger partial charge on any atom is 0.336 e. The highest BCUT2D eigenvalue weighted by Crippen LogP contribution is 2.26. The fourth-order valence-corrected chi connectivity index (χ4v) is 2.39. The molecule has 6 nitrogen and oxygen atoms in total. The quantitative estimate of drug-likeness (QED) is 0.796. The summed E-state index contributed by atoms with van der Waals surface area (Å²) in [5.74, 6) is 1.58. The van der Waals surface area contributed by atoms with Crippen LogP contribution in [-0.4, -0.2) is 48.8 Å². The third kappa shape index (κ3) is 4.19. The molecule has 1 unspecified atom stereocenters. The zero-order valence-corrected chi connectivity index (χ0v) is 14.9. The van der Waals surface area contributed by atoms with Gasteiger partial charge in [-0.2, -0.15) is 0 Å². The molecule has 2 heterocycles. The fourth-order valence-electron chi connectivity index (χ4n) is 2.39. The molecule has 23 heavy (non-hydrogen) atoms. The Balaban J connectivity index is 2.34. The van der Waals surface area contributed by atoms with Crippen molar-refractivity contribution in [1.29, 1.82) is 0 Å². The molecule has 128 valence electrons. The van der Waals surface area contributed by atoms with Crippen molar-refractivity contribution in [2.24, 2.45) is 0 Å². The summed E-state index contributed by atoms with van der Waals surface area (Å²) in [6.07, 6.45) is -0.565. The van der Waals surface area contributed by atoms with Gasteiger partial charge in [0.05, 0.1) is 26.0 Å². The number of ether oxygens (including phenoxy) is 2. The third-order valence-electron chi connectivity index (χ3n) is 3.87. The summed E-state index contributed by atoms with van der Waals surface area (Å²) in [5, 5.41) is 0. The predicted octanol–water partition coefficient (Wildman–Crippen LogP) is 2.28. The Morgan fingerprint density at radius 3 is 2.65 bits per heavy atom. The maximum absolute atomic E-state index is 11.7. The van der Waals surface area contributed by atoms with Crippen LogP contribution in [0.3, 0.4) is 0 Å². The molecule has 1 aliphatic heterocycles. The molecule has 0 aromatic carbocycles. The van der Waals surface area contributed by atoms with Crippen molar-refractivity contribution < 1.29 is 14.3 Å². The number of aromatic nitrogens is 2. The fraction of sp³-hybridized carbons (Fsp3) is 0.706. The number of rotatable bonds is 3. The predicted molar refractivity (Wildman–Crippen MR) is 88.8 cm³/mol. The number of hydrogen-bond acceptors (Lipinski definition) is 6. The summed E-state index contributed by atoms with van der Waals surface area (Å²) >= 11 is 0. The molecule has 0 bridgehead atoms. The summed E-state index contributed by atoms with van der Waals surface area (Å²) in [4.78, 5) is 23.2. The van der Waals surface area contributed by atoms with Crippen molar-refractivity contribution in [2.75, 3.05) is 31.7 Å². The van der Waals surface area contributed by atoms with Gasteiger partial charge in [0.15, 0.2) is 6.10 Å². The Kier molecular flexibility index (Phi) is 5.24. The van der Waals surface area contributed by atoms with E-state index in [1.807, 2.05) is 6.07 Å². The Morgan fingerprint density at radius 2 is 2.09 bits per heavy atom. The second kappa shape index (κ2) is 6.83. The highest BCUT2D eigenvalue weighted by Gasteiger charge is 2.29. The van der Waals surface area contributed by atoms with Gasteiger partial charge in [-0.1, -0.05) is 34.6 Å². The van der Waals surface area contributed by atoms with Crippen LogP contribution in [0.4, 0.5) is 5.82 Å². The minimum Gasteiger partial charge on any atom is -0.467 e. The van der Waals surface area contributed by atoms with Crippen LogP contribution in [0.2, 0.25) is 0 Å². The van der Waals surface area contributed by atoms with Crippen molar-refractivity contribution in [3.63, 3.8) is 0 Å². The SMILES string of the molecule is COC(=O)C1CN(c2cc(C(C)(C)C)nc(C(C)C)n2)CCO1. The Hall–Kier alpha value is -1.69. The monoisotopic (exact) mass is 321 g/mol. The van der Waals surface area contributed by atoms with E-state index >= 15 is 0 Å². The number of morpholine rings is 1. The minimum atomic E-state index is -0.565. The molecular weight excluding hydrogens is 294 g/mol. The highest BCUT2D eigenvalue weighted by molar-refractivity contribution is 5.75. The van der Waals surface area contributed by atoms with Crippen LogP contribution >= 0.6 is 0 Å². The first-order valence-corrected chi connectivity index (χ1v) is 8.06. The average molecular weight is 321 g/mol. The lowest BCUT2D eigenvalue weighted by Crippen LogP contribution is -2.47. The Bertz CT molecular complexity index is 567. The van der Waals surface area contributed by atoms with Gasteiger partial charge in [0.1, 0.15) is 11.6 Å². The van der Waals surface area contributed by atoms with Gasteiger partial charge in [0, 0.05) is 23.9 Å². The van der Waals surface area contributed by atoms with Crippen molar-refractivity contribution in [3.8, 4) is 0 Å². The van der Waals surface area contributed by atoms with E-state index in [-0.39, 0.29) is 17.3 Å². The normalized spacial score (nSPS) is 19.1. The van der Waals surface area contributed by atoms with Gasteiger partial charge in [-0.05, 0) is 0 Å². The van der Waals surface area contributed by atoms with E-state index in [1.165, 1.54) is 7.11 Å². The molecule has 1 aliphatic rings. The third-order valence-corrected chi connectivity index (χ3v) is 3.87. The topological polar surface area (TPSA) is 64.5 Å². The van der Waals surface area contributed by atoms with Crippen molar-refractivity contribution in [1.82, 2.24) is 9.97 Å². The summed E-state index contributed by atoms with van der Waals surface area (Å²) in [7, 11) is 1.38. The molecule has 1 fully saturated rings. The summed E-state index contributed by atoms with van der Waals surface area (Å²) in [5.41, 5.74) is 0.947. The number of nitrogens with zero attached hydrogens (tertiary/aromatic N) is 3. The van der Waals surface area contributed by atoms with E-state index in [2.05, 4.69) is 39.5 Å². The van der Waals surface area contributed by atoms with Gasteiger partial charge in [0.25, 0.3) is 0 Å². The van der Waals surface area contributed by atoms with Crippen LogP contribution in [0.1, 0.15) is 52.1 Å². The molecule has 1 aromatic heterocycles. The number of anilines is 1. The van der Waals surface area contributed by atoms with Crippen LogP contribution in [0, 0.1) is 0 Å². The van der Waals surface area contributed by atoms with Gasteiger partial charge in [0.2, 0.25) is 0 Å². The van der Waals surface area contributed by atoms with E-state index in [0.717, 1.165) is 17.3 Å². The molecule has 1 aromatic rings. The summed E-state index contributed by atoms with van der Waals surface area (Å²) < 4.78 is 10.3. The first-order valence-electron chi connectivity index (χ1n) is 8.06. The molecule has 0 radical (unpaired) electrons.